The van der Waals surface area contributed by atoms with Gasteiger partial charge in [-0.2, -0.15) is 0 Å². The highest BCUT2D eigenvalue weighted by atomic mass is 16.5. The van der Waals surface area contributed by atoms with Gasteiger partial charge in [-0.3, -0.25) is 0 Å². The van der Waals surface area contributed by atoms with E-state index in [-0.39, 0.29) is 5.41 Å². The van der Waals surface area contributed by atoms with Crippen LogP contribution < -0.4 is 9.47 Å². The molecule has 0 fully saturated rings. The normalized spacial score (nSPS) is 11.3. The molecule has 0 bridgehead atoms. The van der Waals surface area contributed by atoms with E-state index in [0.29, 0.717) is 19.1 Å². The van der Waals surface area contributed by atoms with Gasteiger partial charge in [0.25, 0.3) is 0 Å². The lowest BCUT2D eigenvalue weighted by Crippen LogP contribution is -2.14. The first-order valence-corrected chi connectivity index (χ1v) is 7.32. The van der Waals surface area contributed by atoms with Gasteiger partial charge in [0, 0.05) is 6.07 Å². The van der Waals surface area contributed by atoms with E-state index in [9.17, 15) is 0 Å². The molecule has 0 saturated carbocycles. The Bertz CT molecular complexity index is 588. The second-order valence-corrected chi connectivity index (χ2v) is 6.30. The van der Waals surface area contributed by atoms with Crippen molar-refractivity contribution in [3.63, 3.8) is 0 Å². The number of ether oxygens (including phenoxy) is 3. The highest BCUT2D eigenvalue weighted by Gasteiger charge is 2.10. The van der Waals surface area contributed by atoms with E-state index in [0.717, 1.165) is 17.2 Å². The molecule has 0 aliphatic heterocycles. The van der Waals surface area contributed by atoms with Crippen molar-refractivity contribution in [3.05, 3.63) is 48.2 Å². The highest BCUT2D eigenvalue weighted by molar-refractivity contribution is 5.33. The van der Waals surface area contributed by atoms with Crippen LogP contribution in [0.2, 0.25) is 0 Å². The van der Waals surface area contributed by atoms with E-state index >= 15 is 0 Å². The second kappa shape index (κ2) is 7.27. The van der Waals surface area contributed by atoms with Crippen LogP contribution in [0.3, 0.4) is 0 Å². The fourth-order valence-corrected chi connectivity index (χ4v) is 1.82. The van der Waals surface area contributed by atoms with E-state index in [1.165, 1.54) is 0 Å². The van der Waals surface area contributed by atoms with Crippen LogP contribution in [0.25, 0.3) is 0 Å². The van der Waals surface area contributed by atoms with E-state index < -0.39 is 0 Å². The summed E-state index contributed by atoms with van der Waals surface area (Å²) in [5, 5.41) is 0. The Morgan fingerprint density at radius 1 is 0.955 bits per heavy atom. The Morgan fingerprint density at radius 3 is 2.27 bits per heavy atom. The van der Waals surface area contributed by atoms with Crippen LogP contribution in [-0.2, 0) is 11.3 Å². The molecule has 118 valence electrons. The number of methoxy groups -OCH3 is 1. The van der Waals surface area contributed by atoms with Crippen LogP contribution in [0.15, 0.2) is 42.5 Å². The summed E-state index contributed by atoms with van der Waals surface area (Å²) in [5.74, 6) is 2.08. The van der Waals surface area contributed by atoms with Crippen LogP contribution >= 0.6 is 0 Å². The third kappa shape index (κ3) is 5.37. The molecule has 0 amide bonds. The molecule has 0 spiro atoms. The van der Waals surface area contributed by atoms with Crippen molar-refractivity contribution in [3.8, 4) is 17.4 Å². The summed E-state index contributed by atoms with van der Waals surface area (Å²) in [6.07, 6.45) is 0. The Balaban J connectivity index is 1.95. The molecule has 0 saturated heterocycles. The first kappa shape index (κ1) is 16.3. The minimum atomic E-state index is 0.150. The van der Waals surface area contributed by atoms with Gasteiger partial charge in [-0.15, -0.1) is 0 Å². The topological polar surface area (TPSA) is 40.6 Å². The summed E-state index contributed by atoms with van der Waals surface area (Å²) >= 11 is 0. The third-order valence-electron chi connectivity index (χ3n) is 2.85. The van der Waals surface area contributed by atoms with Crippen LogP contribution in [0.4, 0.5) is 0 Å². The summed E-state index contributed by atoms with van der Waals surface area (Å²) < 4.78 is 16.6. The minimum Gasteiger partial charge on any atom is -0.497 e. The zero-order chi connectivity index (χ0) is 16.0. The molecule has 1 heterocycles. The first-order chi connectivity index (χ1) is 10.5. The standard InChI is InChI=1S/C18H23NO3/c1-18(2,3)13-21-12-14-6-5-7-17(19-14)22-16-10-8-15(20-4)9-11-16/h5-11H,12-13H2,1-4H3. The monoisotopic (exact) mass is 301 g/mol. The molecule has 2 rings (SSSR count). The van der Waals surface area contributed by atoms with Crippen molar-refractivity contribution in [1.29, 1.82) is 0 Å². The van der Waals surface area contributed by atoms with Crippen LogP contribution in [0, 0.1) is 5.41 Å². The largest absolute Gasteiger partial charge is 0.497 e. The molecule has 0 N–H and O–H groups in total. The summed E-state index contributed by atoms with van der Waals surface area (Å²) in [5.41, 5.74) is 1.01. The van der Waals surface area contributed by atoms with Gasteiger partial charge in [-0.25, -0.2) is 4.98 Å². The average Bonchev–Trinajstić information content (AvgIpc) is 2.47. The van der Waals surface area contributed by atoms with E-state index in [1.54, 1.807) is 7.11 Å². The average molecular weight is 301 g/mol. The Morgan fingerprint density at radius 2 is 1.64 bits per heavy atom. The smallest absolute Gasteiger partial charge is 0.219 e. The maximum Gasteiger partial charge on any atom is 0.219 e. The molecule has 0 radical (unpaired) electrons. The van der Waals surface area contributed by atoms with Gasteiger partial charge >= 0.3 is 0 Å². The minimum absolute atomic E-state index is 0.150. The maximum absolute atomic E-state index is 5.74. The first-order valence-electron chi connectivity index (χ1n) is 7.32. The molecule has 0 unspecified atom stereocenters. The van der Waals surface area contributed by atoms with Gasteiger partial charge in [0.1, 0.15) is 11.5 Å². The van der Waals surface area contributed by atoms with Crippen LogP contribution in [0.5, 0.6) is 17.4 Å². The summed E-state index contributed by atoms with van der Waals surface area (Å²) in [7, 11) is 1.64. The molecule has 0 aliphatic carbocycles. The molecule has 0 aliphatic rings. The predicted molar refractivity (Wildman–Crippen MR) is 86.4 cm³/mol. The number of nitrogens with zero attached hydrogens (tertiary/aromatic N) is 1. The summed E-state index contributed by atoms with van der Waals surface area (Å²) in [6, 6.07) is 13.1. The van der Waals surface area contributed by atoms with Crippen molar-refractivity contribution in [2.75, 3.05) is 13.7 Å². The zero-order valence-corrected chi connectivity index (χ0v) is 13.6. The quantitative estimate of drug-likeness (QED) is 0.790. The molecule has 0 atom stereocenters. The van der Waals surface area contributed by atoms with Gasteiger partial charge in [0.05, 0.1) is 26.0 Å². The van der Waals surface area contributed by atoms with Gasteiger partial charge in [0.2, 0.25) is 5.88 Å². The number of aromatic nitrogens is 1. The van der Waals surface area contributed by atoms with Crippen LogP contribution in [-0.4, -0.2) is 18.7 Å². The molecule has 1 aromatic carbocycles. The number of hydrogen-bond acceptors (Lipinski definition) is 4. The number of rotatable bonds is 6. The lowest BCUT2D eigenvalue weighted by Gasteiger charge is -2.17. The van der Waals surface area contributed by atoms with E-state index in [2.05, 4.69) is 25.8 Å². The van der Waals surface area contributed by atoms with Crippen molar-refractivity contribution >= 4 is 0 Å². The van der Waals surface area contributed by atoms with Crippen molar-refractivity contribution in [2.24, 2.45) is 5.41 Å². The van der Waals surface area contributed by atoms with Gasteiger partial charge < -0.3 is 14.2 Å². The fourth-order valence-electron chi connectivity index (χ4n) is 1.82. The predicted octanol–water partition coefficient (Wildman–Crippen LogP) is 4.45. The molecule has 4 nitrogen and oxygen atoms in total. The lowest BCUT2D eigenvalue weighted by molar-refractivity contribution is 0.0579. The highest BCUT2D eigenvalue weighted by Crippen LogP contribution is 2.22. The van der Waals surface area contributed by atoms with Crippen molar-refractivity contribution < 1.29 is 14.2 Å². The summed E-state index contributed by atoms with van der Waals surface area (Å²) in [4.78, 5) is 4.45. The van der Waals surface area contributed by atoms with Crippen molar-refractivity contribution in [2.45, 2.75) is 27.4 Å². The Kier molecular flexibility index (Phi) is 5.39. The Labute approximate surface area is 132 Å². The molecular formula is C18H23NO3. The second-order valence-electron chi connectivity index (χ2n) is 6.30. The van der Waals surface area contributed by atoms with Gasteiger partial charge in [0.15, 0.2) is 0 Å². The SMILES string of the molecule is COc1ccc(Oc2cccc(COCC(C)(C)C)n2)cc1. The fraction of sp³-hybridized carbons (Fsp3) is 0.389. The summed E-state index contributed by atoms with van der Waals surface area (Å²) in [6.45, 7) is 7.60. The van der Waals surface area contributed by atoms with Crippen molar-refractivity contribution in [1.82, 2.24) is 4.98 Å². The molecule has 4 heteroatoms. The molecule has 1 aromatic heterocycles. The molecular weight excluding hydrogens is 278 g/mol. The zero-order valence-electron chi connectivity index (χ0n) is 13.6. The third-order valence-corrected chi connectivity index (χ3v) is 2.85. The van der Waals surface area contributed by atoms with Crippen LogP contribution in [0.1, 0.15) is 26.5 Å². The van der Waals surface area contributed by atoms with E-state index in [4.69, 9.17) is 14.2 Å². The molecule has 2 aromatic rings. The number of pyridine rings is 1. The van der Waals surface area contributed by atoms with E-state index in [1.807, 2.05) is 42.5 Å². The maximum atomic E-state index is 5.74. The van der Waals surface area contributed by atoms with Gasteiger partial charge in [-0.1, -0.05) is 26.8 Å². The molecule has 22 heavy (non-hydrogen) atoms. The Hall–Kier alpha value is -2.07. The number of benzene rings is 1. The number of hydrogen-bond donors (Lipinski definition) is 0. The van der Waals surface area contributed by atoms with Gasteiger partial charge in [-0.05, 0) is 35.7 Å². The lowest BCUT2D eigenvalue weighted by atomic mass is 9.99.